The van der Waals surface area contributed by atoms with Gasteiger partial charge in [-0.25, -0.2) is 13.6 Å². The van der Waals surface area contributed by atoms with E-state index < -0.39 is 22.5 Å². The molecule has 1 fully saturated rings. The highest BCUT2D eigenvalue weighted by atomic mass is 32.2. The van der Waals surface area contributed by atoms with Crippen LogP contribution in [0.25, 0.3) is 11.0 Å². The van der Waals surface area contributed by atoms with Crippen molar-refractivity contribution in [3.8, 4) is 11.5 Å². The number of hydrogen-bond donors (Lipinski definition) is 2. The van der Waals surface area contributed by atoms with Gasteiger partial charge in [0.2, 0.25) is 5.95 Å². The molecule has 0 spiro atoms. The first-order chi connectivity index (χ1) is 14.9. The van der Waals surface area contributed by atoms with Gasteiger partial charge >= 0.3 is 0 Å². The molecule has 1 atom stereocenters. The molecule has 1 saturated heterocycles. The van der Waals surface area contributed by atoms with Crippen LogP contribution in [0.1, 0.15) is 12.8 Å². The number of para-hydroxylation sites is 1. The Labute approximate surface area is 180 Å². The molecule has 9 nitrogen and oxygen atoms in total. The van der Waals surface area contributed by atoms with E-state index in [1.807, 2.05) is 4.90 Å². The molecule has 3 aromatic rings. The standard InChI is InChI=1S/C20H22FN5O4S/c1-25-18-13(10-17(19(25)27)30-16-5-3-2-4-15(16)21)11-22-20(24-18)23-14-6-8-26(9-7-14)12-31(28)29/h2-5,10-11,14H,6-9,12H2,1H3,(H,28,29)(H,22,23,24). The normalized spacial score (nSPS) is 16.4. The van der Waals surface area contributed by atoms with Crippen molar-refractivity contribution in [2.75, 3.05) is 24.3 Å². The van der Waals surface area contributed by atoms with E-state index in [1.165, 1.54) is 22.8 Å². The molecular formula is C20H22FN5O4S. The molecule has 0 amide bonds. The first-order valence-corrected chi connectivity index (χ1v) is 11.0. The summed E-state index contributed by atoms with van der Waals surface area (Å²) >= 11 is -1.83. The van der Waals surface area contributed by atoms with Gasteiger partial charge in [-0.15, -0.1) is 0 Å². The maximum absolute atomic E-state index is 13.9. The van der Waals surface area contributed by atoms with Gasteiger partial charge < -0.3 is 14.6 Å². The number of ether oxygens (including phenoxy) is 1. The summed E-state index contributed by atoms with van der Waals surface area (Å²) in [7, 11) is 1.57. The highest BCUT2D eigenvalue weighted by Gasteiger charge is 2.21. The van der Waals surface area contributed by atoms with Crippen LogP contribution in [0.15, 0.2) is 41.3 Å². The fourth-order valence-electron chi connectivity index (χ4n) is 3.55. The Balaban J connectivity index is 1.52. The lowest BCUT2D eigenvalue weighted by atomic mass is 10.1. The van der Waals surface area contributed by atoms with E-state index in [4.69, 9.17) is 9.29 Å². The van der Waals surface area contributed by atoms with Gasteiger partial charge in [-0.1, -0.05) is 12.1 Å². The Morgan fingerprint density at radius 2 is 2.03 bits per heavy atom. The Morgan fingerprint density at radius 3 is 2.74 bits per heavy atom. The first-order valence-electron chi connectivity index (χ1n) is 9.76. The van der Waals surface area contributed by atoms with Crippen molar-refractivity contribution in [3.63, 3.8) is 0 Å². The number of nitrogens with one attached hydrogen (secondary N) is 1. The molecule has 2 aromatic heterocycles. The van der Waals surface area contributed by atoms with Crippen LogP contribution in [0.4, 0.5) is 10.3 Å². The largest absolute Gasteiger partial charge is 0.448 e. The quantitative estimate of drug-likeness (QED) is 0.554. The average molecular weight is 447 g/mol. The highest BCUT2D eigenvalue weighted by molar-refractivity contribution is 7.79. The second-order valence-corrected chi connectivity index (χ2v) is 8.27. The number of benzene rings is 1. The predicted octanol–water partition coefficient (Wildman–Crippen LogP) is 2.32. The van der Waals surface area contributed by atoms with Crippen molar-refractivity contribution >= 4 is 28.1 Å². The van der Waals surface area contributed by atoms with Gasteiger partial charge in [0, 0.05) is 37.8 Å². The van der Waals surface area contributed by atoms with Crippen molar-refractivity contribution in [2.24, 2.45) is 7.05 Å². The fourth-order valence-corrected chi connectivity index (χ4v) is 4.12. The molecule has 0 saturated carbocycles. The number of hydrogen-bond acceptors (Lipinski definition) is 7. The molecule has 31 heavy (non-hydrogen) atoms. The van der Waals surface area contributed by atoms with Crippen molar-refractivity contribution in [2.45, 2.75) is 18.9 Å². The van der Waals surface area contributed by atoms with E-state index in [-0.39, 0.29) is 23.4 Å². The molecular weight excluding hydrogens is 425 g/mol. The number of likely N-dealkylation sites (tertiary alicyclic amines) is 1. The van der Waals surface area contributed by atoms with Crippen LogP contribution in [-0.2, 0) is 18.1 Å². The van der Waals surface area contributed by atoms with Crippen LogP contribution in [-0.4, -0.2) is 53.2 Å². The summed E-state index contributed by atoms with van der Waals surface area (Å²) in [6.07, 6.45) is 3.16. The molecule has 4 rings (SSSR count). The summed E-state index contributed by atoms with van der Waals surface area (Å²) in [5.74, 6) is -0.0581. The van der Waals surface area contributed by atoms with Gasteiger partial charge in [-0.3, -0.25) is 14.3 Å². The third-order valence-electron chi connectivity index (χ3n) is 5.19. The molecule has 1 aliphatic rings. The lowest BCUT2D eigenvalue weighted by molar-refractivity contribution is 0.247. The van der Waals surface area contributed by atoms with Crippen LogP contribution < -0.4 is 15.6 Å². The maximum atomic E-state index is 13.9. The van der Waals surface area contributed by atoms with E-state index in [2.05, 4.69) is 15.3 Å². The molecule has 0 radical (unpaired) electrons. The summed E-state index contributed by atoms with van der Waals surface area (Å²) in [5, 5.41) is 3.85. The predicted molar refractivity (Wildman–Crippen MR) is 115 cm³/mol. The summed E-state index contributed by atoms with van der Waals surface area (Å²) < 4.78 is 40.7. The number of piperidine rings is 1. The summed E-state index contributed by atoms with van der Waals surface area (Å²) in [6, 6.07) is 7.50. The first kappa shape index (κ1) is 21.3. The average Bonchev–Trinajstić information content (AvgIpc) is 2.75. The Morgan fingerprint density at radius 1 is 1.29 bits per heavy atom. The molecule has 164 valence electrons. The Bertz CT molecular complexity index is 1180. The van der Waals surface area contributed by atoms with E-state index in [0.29, 0.717) is 30.1 Å². The molecule has 2 N–H and O–H groups in total. The van der Waals surface area contributed by atoms with Crippen molar-refractivity contribution < 1.29 is 17.9 Å². The molecule has 0 bridgehead atoms. The zero-order valence-corrected chi connectivity index (χ0v) is 17.6. The van der Waals surface area contributed by atoms with Gasteiger partial charge in [-0.05, 0) is 31.0 Å². The topological polar surface area (TPSA) is 110 Å². The zero-order chi connectivity index (χ0) is 22.0. The van der Waals surface area contributed by atoms with E-state index in [1.54, 1.807) is 25.4 Å². The van der Waals surface area contributed by atoms with Gasteiger partial charge in [0.25, 0.3) is 5.56 Å². The molecule has 1 unspecified atom stereocenters. The van der Waals surface area contributed by atoms with Crippen molar-refractivity contribution in [1.29, 1.82) is 0 Å². The summed E-state index contributed by atoms with van der Waals surface area (Å²) in [5.41, 5.74) is -0.0118. The third kappa shape index (κ3) is 4.89. The minimum atomic E-state index is -1.83. The highest BCUT2D eigenvalue weighted by Crippen LogP contribution is 2.24. The van der Waals surface area contributed by atoms with Crippen molar-refractivity contribution in [3.05, 3.63) is 52.7 Å². The van der Waals surface area contributed by atoms with Gasteiger partial charge in [0.15, 0.2) is 28.4 Å². The minimum absolute atomic E-state index is 0.0157. The monoisotopic (exact) mass is 447 g/mol. The minimum Gasteiger partial charge on any atom is -0.448 e. The Kier molecular flexibility index (Phi) is 6.25. The second-order valence-electron chi connectivity index (χ2n) is 7.37. The fraction of sp³-hybridized carbons (Fsp3) is 0.350. The molecule has 0 aliphatic carbocycles. The van der Waals surface area contributed by atoms with Crippen LogP contribution in [0.2, 0.25) is 0 Å². The lowest BCUT2D eigenvalue weighted by Gasteiger charge is -2.31. The number of aromatic nitrogens is 3. The van der Waals surface area contributed by atoms with Gasteiger partial charge in [0.05, 0.1) is 0 Å². The van der Waals surface area contributed by atoms with Crippen LogP contribution in [0.5, 0.6) is 11.5 Å². The number of halogens is 1. The second kappa shape index (κ2) is 9.08. The number of rotatable bonds is 6. The molecule has 3 heterocycles. The molecule has 11 heteroatoms. The number of fused-ring (bicyclic) bond motifs is 1. The maximum Gasteiger partial charge on any atom is 0.294 e. The molecule has 1 aromatic carbocycles. The number of nitrogens with zero attached hydrogens (tertiary/aromatic N) is 4. The Hall–Kier alpha value is -2.89. The zero-order valence-electron chi connectivity index (χ0n) is 16.8. The van der Waals surface area contributed by atoms with E-state index >= 15 is 0 Å². The van der Waals surface area contributed by atoms with Gasteiger partial charge in [-0.2, -0.15) is 4.98 Å². The van der Waals surface area contributed by atoms with Crippen molar-refractivity contribution in [1.82, 2.24) is 19.4 Å². The summed E-state index contributed by atoms with van der Waals surface area (Å²) in [4.78, 5) is 23.5. The molecule has 1 aliphatic heterocycles. The summed E-state index contributed by atoms with van der Waals surface area (Å²) in [6.45, 7) is 1.40. The smallest absolute Gasteiger partial charge is 0.294 e. The number of pyridine rings is 1. The van der Waals surface area contributed by atoms with Crippen LogP contribution in [0.3, 0.4) is 0 Å². The third-order valence-corrected chi connectivity index (χ3v) is 5.77. The van der Waals surface area contributed by atoms with Crippen LogP contribution >= 0.6 is 0 Å². The van der Waals surface area contributed by atoms with Gasteiger partial charge in [0.1, 0.15) is 11.5 Å². The van der Waals surface area contributed by atoms with E-state index in [0.717, 1.165) is 12.8 Å². The van der Waals surface area contributed by atoms with E-state index in [9.17, 15) is 13.4 Å². The SMILES string of the molecule is Cn1c(=O)c(Oc2ccccc2F)cc2cnc(NC3CCN(CS(=O)O)CC3)nc21. The number of aryl methyl sites for hydroxylation is 1. The number of anilines is 1. The van der Waals surface area contributed by atoms with Crippen LogP contribution in [0, 0.1) is 5.82 Å². The lowest BCUT2D eigenvalue weighted by Crippen LogP contribution is -2.40.